The highest BCUT2D eigenvalue weighted by atomic mass is 16.7. The molecular weight excluding hydrogens is 460 g/mol. The molecule has 2 saturated heterocycles. The van der Waals surface area contributed by atoms with E-state index >= 15 is 0 Å². The SMILES string of the molecule is CCC(C)(O)C(=O)O[C@H]1C(=O)OC2CC3C(C)=C[C@H](O)[C@@H](O)[C@]3(C)C3C24CO[C@]3(O)[C@H](O)[C@H](C)C14. The van der Waals surface area contributed by atoms with Gasteiger partial charge in [-0.2, -0.15) is 0 Å². The van der Waals surface area contributed by atoms with Crippen molar-refractivity contribution in [2.45, 2.75) is 89.4 Å². The molecule has 10 heteroatoms. The van der Waals surface area contributed by atoms with E-state index in [4.69, 9.17) is 14.2 Å². The van der Waals surface area contributed by atoms with Crippen LogP contribution >= 0.6 is 0 Å². The van der Waals surface area contributed by atoms with Gasteiger partial charge >= 0.3 is 11.9 Å². The molecule has 1 spiro atoms. The lowest BCUT2D eigenvalue weighted by atomic mass is 9.38. The molecule has 5 rings (SSSR count). The number of ether oxygens (including phenoxy) is 3. The summed E-state index contributed by atoms with van der Waals surface area (Å²) in [5, 5.41) is 55.6. The van der Waals surface area contributed by atoms with Crippen molar-refractivity contribution in [1.29, 1.82) is 0 Å². The second kappa shape index (κ2) is 7.49. The van der Waals surface area contributed by atoms with Crippen LogP contribution in [0.15, 0.2) is 11.6 Å². The van der Waals surface area contributed by atoms with E-state index in [1.807, 2.05) is 6.92 Å². The topological polar surface area (TPSA) is 163 Å². The van der Waals surface area contributed by atoms with Gasteiger partial charge in [-0.15, -0.1) is 0 Å². The molecule has 2 saturated carbocycles. The quantitative estimate of drug-likeness (QED) is 0.258. The van der Waals surface area contributed by atoms with Crippen molar-refractivity contribution in [1.82, 2.24) is 0 Å². The van der Waals surface area contributed by atoms with E-state index in [1.54, 1.807) is 26.8 Å². The van der Waals surface area contributed by atoms with Crippen molar-refractivity contribution in [3.05, 3.63) is 11.6 Å². The number of aliphatic hydroxyl groups is 5. The molecule has 196 valence electrons. The lowest BCUT2D eigenvalue weighted by molar-refractivity contribution is -0.345. The third-order valence-electron chi connectivity index (χ3n) is 10.2. The first-order valence-electron chi connectivity index (χ1n) is 12.4. The van der Waals surface area contributed by atoms with Crippen LogP contribution in [-0.4, -0.2) is 86.0 Å². The average molecular weight is 497 g/mol. The van der Waals surface area contributed by atoms with Gasteiger partial charge in [0.15, 0.2) is 11.4 Å². The molecule has 2 heterocycles. The Morgan fingerprint density at radius 1 is 1.29 bits per heavy atom. The summed E-state index contributed by atoms with van der Waals surface area (Å²) in [4.78, 5) is 26.1. The van der Waals surface area contributed by atoms with E-state index in [-0.39, 0.29) is 18.9 Å². The van der Waals surface area contributed by atoms with Gasteiger partial charge < -0.3 is 39.7 Å². The monoisotopic (exact) mass is 496 g/mol. The Balaban J connectivity index is 1.68. The Bertz CT molecular complexity index is 977. The lowest BCUT2D eigenvalue weighted by Gasteiger charge is -2.68. The Hall–Kier alpha value is -1.56. The number of allylic oxidation sites excluding steroid dienone is 1. The van der Waals surface area contributed by atoms with Crippen molar-refractivity contribution >= 4 is 11.9 Å². The van der Waals surface area contributed by atoms with E-state index in [9.17, 15) is 35.1 Å². The highest BCUT2D eigenvalue weighted by Crippen LogP contribution is 2.74. The van der Waals surface area contributed by atoms with Gasteiger partial charge in [-0.1, -0.05) is 32.4 Å². The van der Waals surface area contributed by atoms with Crippen molar-refractivity contribution in [2.24, 2.45) is 34.5 Å². The molecule has 4 fully saturated rings. The molecule has 5 aliphatic rings. The second-order valence-corrected chi connectivity index (χ2v) is 11.8. The number of fused-ring (bicyclic) bond motifs is 1. The minimum absolute atomic E-state index is 0.0607. The predicted octanol–water partition coefficient (Wildman–Crippen LogP) is -0.359. The molecule has 5 N–H and O–H groups in total. The molecule has 0 amide bonds. The molecule has 0 aromatic heterocycles. The summed E-state index contributed by atoms with van der Waals surface area (Å²) < 4.78 is 17.4. The number of hydrogen-bond donors (Lipinski definition) is 5. The summed E-state index contributed by atoms with van der Waals surface area (Å²) in [7, 11) is 0. The van der Waals surface area contributed by atoms with Crippen molar-refractivity contribution in [3.63, 3.8) is 0 Å². The average Bonchev–Trinajstić information content (AvgIpc) is 3.08. The van der Waals surface area contributed by atoms with Crippen LogP contribution in [0.2, 0.25) is 0 Å². The molecular formula is C25H36O10. The van der Waals surface area contributed by atoms with Crippen LogP contribution in [0.25, 0.3) is 0 Å². The van der Waals surface area contributed by atoms with Gasteiger partial charge in [0, 0.05) is 22.7 Å². The van der Waals surface area contributed by atoms with Crippen LogP contribution in [-0.2, 0) is 23.8 Å². The minimum Gasteiger partial charge on any atom is -0.459 e. The molecule has 10 nitrogen and oxygen atoms in total. The van der Waals surface area contributed by atoms with Crippen LogP contribution in [0.1, 0.15) is 47.5 Å². The summed E-state index contributed by atoms with van der Waals surface area (Å²) in [6.45, 7) is 8.06. The smallest absolute Gasteiger partial charge is 0.348 e. The summed E-state index contributed by atoms with van der Waals surface area (Å²) in [5.74, 6) is -6.72. The zero-order valence-corrected chi connectivity index (χ0v) is 20.7. The van der Waals surface area contributed by atoms with E-state index in [1.165, 1.54) is 6.92 Å². The number of esters is 2. The van der Waals surface area contributed by atoms with Gasteiger partial charge in [-0.25, -0.2) is 9.59 Å². The fourth-order valence-corrected chi connectivity index (χ4v) is 8.28. The molecule has 2 aliphatic heterocycles. The van der Waals surface area contributed by atoms with Gasteiger partial charge in [0.2, 0.25) is 6.10 Å². The highest BCUT2D eigenvalue weighted by molar-refractivity contribution is 5.84. The minimum atomic E-state index is -2.08. The second-order valence-electron chi connectivity index (χ2n) is 11.8. The van der Waals surface area contributed by atoms with Gasteiger partial charge in [0.05, 0.1) is 18.8 Å². The molecule has 0 aromatic rings. The van der Waals surface area contributed by atoms with Crippen molar-refractivity contribution in [2.75, 3.05) is 6.61 Å². The van der Waals surface area contributed by atoms with E-state index in [0.29, 0.717) is 6.42 Å². The first-order valence-corrected chi connectivity index (χ1v) is 12.4. The molecule has 3 aliphatic carbocycles. The highest BCUT2D eigenvalue weighted by Gasteiger charge is 2.83. The van der Waals surface area contributed by atoms with Crippen LogP contribution in [0.3, 0.4) is 0 Å². The molecule has 2 bridgehead atoms. The predicted molar refractivity (Wildman–Crippen MR) is 118 cm³/mol. The van der Waals surface area contributed by atoms with Crippen molar-refractivity contribution in [3.8, 4) is 0 Å². The Morgan fingerprint density at radius 2 is 1.94 bits per heavy atom. The van der Waals surface area contributed by atoms with Crippen LogP contribution in [0.5, 0.6) is 0 Å². The number of carbonyl (C=O) groups excluding carboxylic acids is 2. The third-order valence-corrected chi connectivity index (χ3v) is 10.2. The van der Waals surface area contributed by atoms with Crippen LogP contribution in [0.4, 0.5) is 0 Å². The Labute approximate surface area is 203 Å². The lowest BCUT2D eigenvalue weighted by Crippen LogP contribution is -2.78. The third kappa shape index (κ3) is 2.86. The zero-order valence-electron chi connectivity index (χ0n) is 20.7. The zero-order chi connectivity index (χ0) is 25.9. The van der Waals surface area contributed by atoms with Crippen LogP contribution in [0, 0.1) is 34.5 Å². The van der Waals surface area contributed by atoms with Gasteiger partial charge in [0.1, 0.15) is 12.2 Å². The van der Waals surface area contributed by atoms with E-state index < -0.39 is 82.4 Å². The maximum absolute atomic E-state index is 13.3. The van der Waals surface area contributed by atoms with Gasteiger partial charge in [-0.3, -0.25) is 0 Å². The number of carbonyl (C=O) groups is 2. The largest absolute Gasteiger partial charge is 0.459 e. The van der Waals surface area contributed by atoms with Gasteiger partial charge in [0.25, 0.3) is 0 Å². The maximum Gasteiger partial charge on any atom is 0.348 e. The maximum atomic E-state index is 13.3. The first-order chi connectivity index (χ1) is 16.2. The molecule has 13 atom stereocenters. The number of hydrogen-bond acceptors (Lipinski definition) is 10. The van der Waals surface area contributed by atoms with Crippen molar-refractivity contribution < 1.29 is 49.3 Å². The first kappa shape index (κ1) is 25.1. The molecule has 0 radical (unpaired) electrons. The standard InChI is InChI=1S/C25H36O10/c1-6-22(4,31)21(30)35-16-15-11(3)17(27)25(32)20-23(5)12(10(2)7-13(26)18(23)28)8-14(34-19(16)29)24(15,20)9-33-25/h7,11-18,20,26-28,31-32H,6,8-9H2,1-5H3/t11-,12?,13+,14?,15?,16-,17-,18-,20?,22?,23-,24?,25-/m1/s1. The Morgan fingerprint density at radius 3 is 2.57 bits per heavy atom. The number of rotatable bonds is 3. The molecule has 6 unspecified atom stereocenters. The fourth-order valence-electron chi connectivity index (χ4n) is 8.28. The molecule has 35 heavy (non-hydrogen) atoms. The Kier molecular flexibility index (Phi) is 5.37. The molecule has 0 aromatic carbocycles. The number of aliphatic hydroxyl groups excluding tert-OH is 3. The van der Waals surface area contributed by atoms with Crippen LogP contribution < -0.4 is 0 Å². The summed E-state index contributed by atoms with van der Waals surface area (Å²) >= 11 is 0. The fraction of sp³-hybridized carbons (Fsp3) is 0.840. The summed E-state index contributed by atoms with van der Waals surface area (Å²) in [6.07, 6.45) is -4.18. The van der Waals surface area contributed by atoms with E-state index in [0.717, 1.165) is 5.57 Å². The summed E-state index contributed by atoms with van der Waals surface area (Å²) in [6, 6.07) is 0. The van der Waals surface area contributed by atoms with Gasteiger partial charge in [-0.05, 0) is 38.5 Å². The normalized spacial score (nSPS) is 54.1. The summed E-state index contributed by atoms with van der Waals surface area (Å²) in [5.41, 5.74) is -3.29. The van der Waals surface area contributed by atoms with E-state index in [2.05, 4.69) is 0 Å².